The fourth-order valence-electron chi connectivity index (χ4n) is 4.64. The lowest BCUT2D eigenvalue weighted by atomic mass is 9.91. The number of hydrogen-bond acceptors (Lipinski definition) is 3. The van der Waals surface area contributed by atoms with Gasteiger partial charge in [0.15, 0.2) is 0 Å². The number of benzene rings is 2. The number of hydrogen-bond donors (Lipinski definition) is 0. The lowest BCUT2D eigenvalue weighted by Gasteiger charge is -2.37. The van der Waals surface area contributed by atoms with E-state index in [1.165, 1.54) is 10.5 Å². The number of amides is 2. The molecular weight excluding hydrogens is 360 g/mol. The number of rotatable bonds is 4. The number of piperidine rings is 1. The topological polar surface area (TPSA) is 40.6 Å². The van der Waals surface area contributed by atoms with Crippen LogP contribution in [0.2, 0.25) is 0 Å². The second-order valence-corrected chi connectivity index (χ2v) is 8.41. The Morgan fingerprint density at radius 1 is 0.862 bits per heavy atom. The van der Waals surface area contributed by atoms with Crippen LogP contribution in [0.5, 0.6) is 0 Å². The Kier molecular flexibility index (Phi) is 5.27. The number of likely N-dealkylation sites (tertiary alicyclic amines) is 1. The fraction of sp³-hybridized carbons (Fsp3) is 0.360. The van der Waals surface area contributed by atoms with E-state index in [0.717, 1.165) is 31.5 Å². The Hall–Kier alpha value is -2.88. The van der Waals surface area contributed by atoms with Crippen molar-refractivity contribution in [2.24, 2.45) is 11.8 Å². The molecule has 4 rings (SSSR count). The molecule has 0 bridgehead atoms. The molecule has 2 atom stereocenters. The van der Waals surface area contributed by atoms with Crippen LogP contribution in [0.15, 0.2) is 60.3 Å². The molecule has 0 saturated carbocycles. The molecule has 0 radical (unpaired) electrons. The summed E-state index contributed by atoms with van der Waals surface area (Å²) in [6.45, 7) is 8.13. The molecule has 2 aromatic carbocycles. The minimum absolute atomic E-state index is 0.209. The number of anilines is 1. The molecular formula is C25H28N2O2. The van der Waals surface area contributed by atoms with Crippen LogP contribution in [-0.2, 0) is 16.0 Å². The number of carbonyl (C=O) groups is 2. The van der Waals surface area contributed by atoms with Crippen LogP contribution >= 0.6 is 0 Å². The highest BCUT2D eigenvalue weighted by atomic mass is 16.2. The maximum absolute atomic E-state index is 13.6. The quantitative estimate of drug-likeness (QED) is 0.724. The molecule has 0 N–H and O–H groups in total. The van der Waals surface area contributed by atoms with Crippen molar-refractivity contribution >= 4 is 23.1 Å². The first-order valence-corrected chi connectivity index (χ1v) is 10.5. The van der Waals surface area contributed by atoms with Gasteiger partial charge >= 0.3 is 0 Å². The van der Waals surface area contributed by atoms with E-state index in [1.807, 2.05) is 54.6 Å². The summed E-state index contributed by atoms with van der Waals surface area (Å²) in [5.74, 6) is 0.541. The molecule has 2 aromatic rings. The number of aryl methyl sites for hydroxylation is 1. The third kappa shape index (κ3) is 3.59. The lowest BCUT2D eigenvalue weighted by molar-refractivity contribution is -0.120. The van der Waals surface area contributed by atoms with Gasteiger partial charge in [0.05, 0.1) is 11.3 Å². The Morgan fingerprint density at radius 2 is 1.48 bits per heavy atom. The Labute approximate surface area is 172 Å². The summed E-state index contributed by atoms with van der Waals surface area (Å²) in [6.07, 6.45) is 2.07. The molecule has 0 aliphatic carbocycles. The highest BCUT2D eigenvalue weighted by molar-refractivity contribution is 6.45. The van der Waals surface area contributed by atoms with Crippen molar-refractivity contribution < 1.29 is 9.59 Å². The first kappa shape index (κ1) is 19.4. The summed E-state index contributed by atoms with van der Waals surface area (Å²) < 4.78 is 0. The molecule has 4 heteroatoms. The van der Waals surface area contributed by atoms with E-state index >= 15 is 0 Å². The highest BCUT2D eigenvalue weighted by Crippen LogP contribution is 2.37. The molecule has 2 aliphatic heterocycles. The van der Waals surface area contributed by atoms with E-state index in [9.17, 15) is 9.59 Å². The second-order valence-electron chi connectivity index (χ2n) is 8.41. The van der Waals surface area contributed by atoms with Gasteiger partial charge in [-0.1, -0.05) is 63.2 Å². The van der Waals surface area contributed by atoms with Crippen LogP contribution in [0.3, 0.4) is 0 Å². The average molecular weight is 389 g/mol. The zero-order valence-corrected chi connectivity index (χ0v) is 17.4. The normalized spacial score (nSPS) is 22.6. The van der Waals surface area contributed by atoms with Crippen LogP contribution in [0.25, 0.3) is 5.57 Å². The number of nitrogens with zero attached hydrogens (tertiary/aromatic N) is 2. The molecule has 4 nitrogen and oxygen atoms in total. The van der Waals surface area contributed by atoms with Crippen LogP contribution in [0.4, 0.5) is 5.69 Å². The van der Waals surface area contributed by atoms with Gasteiger partial charge in [-0.2, -0.15) is 0 Å². The molecule has 150 valence electrons. The van der Waals surface area contributed by atoms with Crippen molar-refractivity contribution in [2.45, 2.75) is 33.6 Å². The van der Waals surface area contributed by atoms with E-state index in [0.29, 0.717) is 28.8 Å². The highest BCUT2D eigenvalue weighted by Gasteiger charge is 2.43. The molecule has 2 unspecified atom stereocenters. The fourth-order valence-corrected chi connectivity index (χ4v) is 4.64. The first-order valence-electron chi connectivity index (χ1n) is 10.5. The van der Waals surface area contributed by atoms with Gasteiger partial charge in [0.1, 0.15) is 5.70 Å². The molecule has 29 heavy (non-hydrogen) atoms. The van der Waals surface area contributed by atoms with Gasteiger partial charge in [-0.25, -0.2) is 4.90 Å². The van der Waals surface area contributed by atoms with E-state index in [4.69, 9.17) is 0 Å². The van der Waals surface area contributed by atoms with Crippen LogP contribution in [0, 0.1) is 11.8 Å². The lowest BCUT2D eigenvalue weighted by Crippen LogP contribution is -2.42. The molecule has 2 heterocycles. The number of imide groups is 1. The monoisotopic (exact) mass is 388 g/mol. The van der Waals surface area contributed by atoms with Gasteiger partial charge in [0.25, 0.3) is 11.8 Å². The van der Waals surface area contributed by atoms with Crippen molar-refractivity contribution in [3.05, 3.63) is 71.4 Å². The Bertz CT molecular complexity index is 937. The molecule has 2 amide bonds. The van der Waals surface area contributed by atoms with Crippen molar-refractivity contribution in [1.29, 1.82) is 0 Å². The Morgan fingerprint density at radius 3 is 2.07 bits per heavy atom. The first-order chi connectivity index (χ1) is 14.0. The number of carbonyl (C=O) groups excluding carboxylic acids is 2. The standard InChI is InChI=1S/C25H28N2O2/c1-4-19-10-12-21(13-11-19)27-24(28)22(20-8-6-5-7-9-20)23(25(27)29)26-15-17(2)14-18(3)16-26/h5-13,17-18H,4,14-16H2,1-3H3. The van der Waals surface area contributed by atoms with E-state index in [2.05, 4.69) is 25.7 Å². The van der Waals surface area contributed by atoms with Gasteiger partial charge in [-0.3, -0.25) is 9.59 Å². The predicted octanol–water partition coefficient (Wildman–Crippen LogP) is 4.51. The third-order valence-electron chi connectivity index (χ3n) is 5.91. The van der Waals surface area contributed by atoms with Gasteiger partial charge in [0, 0.05) is 13.1 Å². The van der Waals surface area contributed by atoms with E-state index < -0.39 is 0 Å². The molecule has 2 aliphatic rings. The molecule has 1 saturated heterocycles. The van der Waals surface area contributed by atoms with Gasteiger partial charge in [-0.05, 0) is 47.9 Å². The van der Waals surface area contributed by atoms with Crippen LogP contribution in [-0.4, -0.2) is 29.8 Å². The summed E-state index contributed by atoms with van der Waals surface area (Å²) in [4.78, 5) is 30.6. The van der Waals surface area contributed by atoms with Crippen molar-refractivity contribution in [3.8, 4) is 0 Å². The maximum atomic E-state index is 13.6. The zero-order chi connectivity index (χ0) is 20.5. The smallest absolute Gasteiger partial charge is 0.282 e. The molecule has 1 fully saturated rings. The van der Waals surface area contributed by atoms with Crippen molar-refractivity contribution in [1.82, 2.24) is 4.90 Å². The van der Waals surface area contributed by atoms with E-state index in [-0.39, 0.29) is 11.8 Å². The van der Waals surface area contributed by atoms with Crippen LogP contribution in [0.1, 0.15) is 38.3 Å². The zero-order valence-electron chi connectivity index (χ0n) is 17.4. The van der Waals surface area contributed by atoms with Gasteiger partial charge < -0.3 is 4.90 Å². The second kappa shape index (κ2) is 7.86. The SMILES string of the molecule is CCc1ccc(N2C(=O)C(c3ccccc3)=C(N3CC(C)CC(C)C3)C2=O)cc1. The van der Waals surface area contributed by atoms with E-state index in [1.54, 1.807) is 0 Å². The van der Waals surface area contributed by atoms with Gasteiger partial charge in [-0.15, -0.1) is 0 Å². The minimum Gasteiger partial charge on any atom is -0.366 e. The average Bonchev–Trinajstić information content (AvgIpc) is 2.98. The molecule has 0 aromatic heterocycles. The maximum Gasteiger partial charge on any atom is 0.282 e. The summed E-state index contributed by atoms with van der Waals surface area (Å²) in [6, 6.07) is 17.3. The van der Waals surface area contributed by atoms with Crippen LogP contribution < -0.4 is 4.90 Å². The van der Waals surface area contributed by atoms with Crippen molar-refractivity contribution in [3.63, 3.8) is 0 Å². The van der Waals surface area contributed by atoms with Gasteiger partial charge in [0.2, 0.25) is 0 Å². The van der Waals surface area contributed by atoms with Crippen molar-refractivity contribution in [2.75, 3.05) is 18.0 Å². The molecule has 0 spiro atoms. The Balaban J connectivity index is 1.79. The third-order valence-corrected chi connectivity index (χ3v) is 5.91. The largest absolute Gasteiger partial charge is 0.366 e. The minimum atomic E-state index is -0.230. The summed E-state index contributed by atoms with van der Waals surface area (Å²) >= 11 is 0. The summed E-state index contributed by atoms with van der Waals surface area (Å²) in [5, 5.41) is 0. The summed E-state index contributed by atoms with van der Waals surface area (Å²) in [7, 11) is 0. The predicted molar refractivity (Wildman–Crippen MR) is 116 cm³/mol. The summed E-state index contributed by atoms with van der Waals surface area (Å²) in [5.41, 5.74) is 3.71.